The standard InChI is InChI=1S/C23H25N3O5/c1-5-30-20-13-17(14-27)11-12-19(20)31-16(3)22(28)24-21-15(2)25(4)26(23(21)29)18-9-7-6-8-10-18/h6-14,16H,5H2,1-4H3,(H,24,28)/t16-/m1/s1. The molecular weight excluding hydrogens is 398 g/mol. The maximum Gasteiger partial charge on any atom is 0.295 e. The fourth-order valence-corrected chi connectivity index (χ4v) is 3.14. The van der Waals surface area contributed by atoms with Gasteiger partial charge in [-0.1, -0.05) is 18.2 Å². The minimum absolute atomic E-state index is 0.188. The summed E-state index contributed by atoms with van der Waals surface area (Å²) in [6.45, 7) is 5.52. The smallest absolute Gasteiger partial charge is 0.295 e. The predicted octanol–water partition coefficient (Wildman–Crippen LogP) is 3.10. The number of para-hydroxylation sites is 1. The quantitative estimate of drug-likeness (QED) is 0.562. The molecule has 8 nitrogen and oxygen atoms in total. The van der Waals surface area contributed by atoms with Crippen LogP contribution in [0.15, 0.2) is 53.3 Å². The fourth-order valence-electron chi connectivity index (χ4n) is 3.14. The van der Waals surface area contributed by atoms with Crippen molar-refractivity contribution in [2.75, 3.05) is 11.9 Å². The third-order valence-electron chi connectivity index (χ3n) is 4.88. The van der Waals surface area contributed by atoms with E-state index in [9.17, 15) is 14.4 Å². The first-order chi connectivity index (χ1) is 14.9. The van der Waals surface area contributed by atoms with Crippen LogP contribution in [0.1, 0.15) is 29.9 Å². The molecule has 0 saturated heterocycles. The molecule has 1 N–H and O–H groups in total. The Balaban J connectivity index is 1.83. The number of nitrogens with zero attached hydrogens (tertiary/aromatic N) is 2. The molecule has 0 fully saturated rings. The number of nitrogens with one attached hydrogen (secondary N) is 1. The van der Waals surface area contributed by atoms with Gasteiger partial charge in [0.1, 0.15) is 12.0 Å². The van der Waals surface area contributed by atoms with E-state index in [1.165, 1.54) is 4.68 Å². The molecule has 0 aliphatic rings. The lowest BCUT2D eigenvalue weighted by atomic mass is 10.2. The van der Waals surface area contributed by atoms with E-state index in [0.717, 1.165) is 0 Å². The van der Waals surface area contributed by atoms with Crippen LogP contribution in [0.2, 0.25) is 0 Å². The van der Waals surface area contributed by atoms with Crippen LogP contribution in [-0.2, 0) is 11.8 Å². The molecule has 1 amide bonds. The lowest BCUT2D eigenvalue weighted by Crippen LogP contribution is -2.32. The number of rotatable bonds is 8. The van der Waals surface area contributed by atoms with E-state index in [4.69, 9.17) is 9.47 Å². The van der Waals surface area contributed by atoms with E-state index in [2.05, 4.69) is 5.32 Å². The summed E-state index contributed by atoms with van der Waals surface area (Å²) < 4.78 is 14.4. The van der Waals surface area contributed by atoms with Crippen molar-refractivity contribution in [1.29, 1.82) is 0 Å². The number of ether oxygens (including phenoxy) is 2. The second kappa shape index (κ2) is 9.34. The minimum atomic E-state index is -0.912. The second-order valence-electron chi connectivity index (χ2n) is 6.94. The Morgan fingerprint density at radius 1 is 1.16 bits per heavy atom. The Morgan fingerprint density at radius 3 is 2.52 bits per heavy atom. The molecule has 0 unspecified atom stereocenters. The van der Waals surface area contributed by atoms with Crippen LogP contribution in [0, 0.1) is 6.92 Å². The zero-order chi connectivity index (χ0) is 22.5. The normalized spacial score (nSPS) is 11.6. The monoisotopic (exact) mass is 423 g/mol. The van der Waals surface area contributed by atoms with E-state index >= 15 is 0 Å². The van der Waals surface area contributed by atoms with E-state index in [0.29, 0.717) is 41.3 Å². The van der Waals surface area contributed by atoms with Gasteiger partial charge in [0.2, 0.25) is 0 Å². The highest BCUT2D eigenvalue weighted by Crippen LogP contribution is 2.29. The molecule has 2 aromatic carbocycles. The third kappa shape index (κ3) is 4.53. The zero-order valence-electron chi connectivity index (χ0n) is 17.9. The van der Waals surface area contributed by atoms with Crippen molar-refractivity contribution >= 4 is 17.9 Å². The number of carbonyl (C=O) groups is 2. The van der Waals surface area contributed by atoms with Crippen LogP contribution in [0.3, 0.4) is 0 Å². The van der Waals surface area contributed by atoms with E-state index in [1.54, 1.807) is 43.8 Å². The summed E-state index contributed by atoms with van der Waals surface area (Å²) in [6, 6.07) is 13.9. The molecule has 31 heavy (non-hydrogen) atoms. The molecule has 1 aromatic heterocycles. The van der Waals surface area contributed by atoms with Gasteiger partial charge in [-0.15, -0.1) is 0 Å². The van der Waals surface area contributed by atoms with Crippen molar-refractivity contribution in [1.82, 2.24) is 9.36 Å². The van der Waals surface area contributed by atoms with E-state index in [1.807, 2.05) is 37.3 Å². The summed E-state index contributed by atoms with van der Waals surface area (Å²) in [5.41, 5.74) is 1.60. The average molecular weight is 423 g/mol. The molecule has 3 aromatic rings. The molecule has 0 aliphatic carbocycles. The maximum absolute atomic E-state index is 13.0. The maximum atomic E-state index is 13.0. The topological polar surface area (TPSA) is 91.6 Å². The lowest BCUT2D eigenvalue weighted by molar-refractivity contribution is -0.122. The lowest BCUT2D eigenvalue weighted by Gasteiger charge is -2.17. The van der Waals surface area contributed by atoms with Crippen molar-refractivity contribution in [2.45, 2.75) is 26.9 Å². The van der Waals surface area contributed by atoms with Crippen molar-refractivity contribution in [2.24, 2.45) is 7.05 Å². The molecule has 1 heterocycles. The third-order valence-corrected chi connectivity index (χ3v) is 4.88. The SMILES string of the molecule is CCOc1cc(C=O)ccc1O[C@H](C)C(=O)Nc1c(C)n(C)n(-c2ccccc2)c1=O. The first-order valence-corrected chi connectivity index (χ1v) is 9.91. The van der Waals surface area contributed by atoms with Gasteiger partial charge in [0.05, 0.1) is 18.0 Å². The Hall–Kier alpha value is -3.81. The first-order valence-electron chi connectivity index (χ1n) is 9.91. The summed E-state index contributed by atoms with van der Waals surface area (Å²) in [5, 5.41) is 2.69. The Kier molecular flexibility index (Phi) is 6.59. The largest absolute Gasteiger partial charge is 0.490 e. The minimum Gasteiger partial charge on any atom is -0.490 e. The van der Waals surface area contributed by atoms with Crippen molar-refractivity contribution in [3.8, 4) is 17.2 Å². The molecule has 1 atom stereocenters. The molecule has 0 saturated carbocycles. The summed E-state index contributed by atoms with van der Waals surface area (Å²) in [5.74, 6) is 0.226. The highest BCUT2D eigenvalue weighted by molar-refractivity contribution is 5.94. The highest BCUT2D eigenvalue weighted by Gasteiger charge is 2.23. The Labute approximate surface area is 180 Å². The van der Waals surface area contributed by atoms with Gasteiger partial charge in [-0.05, 0) is 51.1 Å². The van der Waals surface area contributed by atoms with Gasteiger partial charge < -0.3 is 14.8 Å². The van der Waals surface area contributed by atoms with Crippen LogP contribution in [0.5, 0.6) is 11.5 Å². The molecule has 0 spiro atoms. The average Bonchev–Trinajstić information content (AvgIpc) is 2.98. The predicted molar refractivity (Wildman–Crippen MR) is 117 cm³/mol. The van der Waals surface area contributed by atoms with E-state index < -0.39 is 12.0 Å². The number of hydrogen-bond acceptors (Lipinski definition) is 5. The fraction of sp³-hybridized carbons (Fsp3) is 0.261. The number of carbonyl (C=O) groups excluding carboxylic acids is 2. The van der Waals surface area contributed by atoms with Crippen LogP contribution in [0.25, 0.3) is 5.69 Å². The summed E-state index contributed by atoms with van der Waals surface area (Å²) >= 11 is 0. The van der Waals surface area contributed by atoms with Crippen molar-refractivity contribution in [3.63, 3.8) is 0 Å². The summed E-state index contributed by atoms with van der Waals surface area (Å²) in [6.07, 6.45) is -0.205. The van der Waals surface area contributed by atoms with Gasteiger partial charge in [-0.3, -0.25) is 19.1 Å². The number of benzene rings is 2. The zero-order valence-corrected chi connectivity index (χ0v) is 17.9. The Morgan fingerprint density at radius 2 is 1.87 bits per heavy atom. The number of hydrogen-bond donors (Lipinski definition) is 1. The highest BCUT2D eigenvalue weighted by atomic mass is 16.5. The Bertz CT molecular complexity index is 1150. The second-order valence-corrected chi connectivity index (χ2v) is 6.94. The molecule has 0 bridgehead atoms. The van der Waals surface area contributed by atoms with Crippen LogP contribution >= 0.6 is 0 Å². The van der Waals surface area contributed by atoms with Crippen LogP contribution in [0.4, 0.5) is 5.69 Å². The van der Waals surface area contributed by atoms with Gasteiger partial charge in [-0.25, -0.2) is 4.68 Å². The first kappa shape index (κ1) is 21.9. The number of aldehydes is 1. The van der Waals surface area contributed by atoms with Crippen molar-refractivity contribution in [3.05, 3.63) is 70.1 Å². The summed E-state index contributed by atoms with van der Waals surface area (Å²) in [4.78, 5) is 36.8. The van der Waals surface area contributed by atoms with Crippen molar-refractivity contribution < 1.29 is 19.1 Å². The molecular formula is C23H25N3O5. The van der Waals surface area contributed by atoms with Gasteiger partial charge in [0.15, 0.2) is 17.6 Å². The molecule has 3 rings (SSSR count). The van der Waals surface area contributed by atoms with Gasteiger partial charge in [-0.2, -0.15) is 0 Å². The molecule has 0 aliphatic heterocycles. The van der Waals surface area contributed by atoms with Crippen LogP contribution in [-0.4, -0.2) is 34.3 Å². The van der Waals surface area contributed by atoms with Gasteiger partial charge in [0.25, 0.3) is 11.5 Å². The van der Waals surface area contributed by atoms with Gasteiger partial charge in [0, 0.05) is 12.6 Å². The van der Waals surface area contributed by atoms with Gasteiger partial charge >= 0.3 is 0 Å². The number of aromatic nitrogens is 2. The summed E-state index contributed by atoms with van der Waals surface area (Å²) in [7, 11) is 1.75. The molecule has 0 radical (unpaired) electrons. The number of amides is 1. The van der Waals surface area contributed by atoms with E-state index in [-0.39, 0.29) is 11.2 Å². The number of anilines is 1. The molecule has 162 valence electrons. The molecule has 8 heteroatoms. The van der Waals surface area contributed by atoms with Crippen LogP contribution < -0.4 is 20.3 Å².